The second kappa shape index (κ2) is 8.08. The molecular formula is C27H32N2O4. The predicted octanol–water partition coefficient (Wildman–Crippen LogP) is 4.09. The number of ketones is 2. The van der Waals surface area contributed by atoms with Crippen LogP contribution < -0.4 is 10.2 Å². The fourth-order valence-corrected chi connectivity index (χ4v) is 5.85. The smallest absolute Gasteiger partial charge is 0.231 e. The molecule has 0 aromatic heterocycles. The molecule has 1 N–H and O–H groups in total. The molecule has 2 amide bonds. The molecule has 4 atom stereocenters. The van der Waals surface area contributed by atoms with E-state index in [4.69, 9.17) is 0 Å². The van der Waals surface area contributed by atoms with Crippen LogP contribution in [0.3, 0.4) is 0 Å². The zero-order chi connectivity index (χ0) is 24.2. The van der Waals surface area contributed by atoms with Crippen molar-refractivity contribution in [3.05, 3.63) is 47.1 Å². The van der Waals surface area contributed by atoms with Gasteiger partial charge in [0.1, 0.15) is 5.92 Å². The van der Waals surface area contributed by atoms with Gasteiger partial charge in [0.05, 0.1) is 17.1 Å². The summed E-state index contributed by atoms with van der Waals surface area (Å²) in [6.07, 6.45) is 4.94. The largest absolute Gasteiger partial charge is 0.352 e. The van der Waals surface area contributed by atoms with Crippen LogP contribution in [0.15, 0.2) is 35.9 Å². The molecule has 1 aromatic rings. The van der Waals surface area contributed by atoms with Gasteiger partial charge in [-0.15, -0.1) is 0 Å². The number of nitrogens with zero attached hydrogens (tertiary/aromatic N) is 1. The molecule has 0 radical (unpaired) electrons. The molecule has 1 aromatic carbocycles. The molecule has 2 aliphatic heterocycles. The minimum absolute atomic E-state index is 0.0690. The van der Waals surface area contributed by atoms with Crippen molar-refractivity contribution in [2.75, 3.05) is 4.90 Å². The van der Waals surface area contributed by atoms with Crippen LogP contribution in [-0.2, 0) is 14.4 Å². The SMILES string of the molecule is CCC1C(=O)NC2CC(C)C=C(C1=O)C2C(=O)c1ccc2c(c1)C(C)=CC(C)(C)N2C(C)=O. The summed E-state index contributed by atoms with van der Waals surface area (Å²) < 4.78 is 0. The first-order valence-electron chi connectivity index (χ1n) is 11.7. The van der Waals surface area contributed by atoms with Gasteiger partial charge in [0.2, 0.25) is 11.8 Å². The second-order valence-electron chi connectivity index (χ2n) is 10.2. The van der Waals surface area contributed by atoms with E-state index >= 15 is 0 Å². The van der Waals surface area contributed by atoms with E-state index in [1.54, 1.807) is 11.0 Å². The fraction of sp³-hybridized carbons (Fsp3) is 0.481. The van der Waals surface area contributed by atoms with E-state index < -0.39 is 23.4 Å². The average molecular weight is 449 g/mol. The third-order valence-corrected chi connectivity index (χ3v) is 7.17. The number of nitrogens with one attached hydrogen (secondary N) is 1. The van der Waals surface area contributed by atoms with Gasteiger partial charge in [-0.1, -0.05) is 26.0 Å². The lowest BCUT2D eigenvalue weighted by molar-refractivity contribution is -0.131. The average Bonchev–Trinajstić information content (AvgIpc) is 2.77. The van der Waals surface area contributed by atoms with Crippen LogP contribution in [0.2, 0.25) is 0 Å². The molecule has 0 spiro atoms. The Kier molecular flexibility index (Phi) is 5.67. The monoisotopic (exact) mass is 448 g/mol. The van der Waals surface area contributed by atoms with Gasteiger partial charge >= 0.3 is 0 Å². The maximum absolute atomic E-state index is 13.8. The van der Waals surface area contributed by atoms with Crippen molar-refractivity contribution in [2.24, 2.45) is 17.8 Å². The molecule has 6 heteroatoms. The lowest BCUT2D eigenvalue weighted by Crippen LogP contribution is -2.48. The Morgan fingerprint density at radius 2 is 1.91 bits per heavy atom. The number of hydrogen-bond acceptors (Lipinski definition) is 4. The third kappa shape index (κ3) is 3.75. The topological polar surface area (TPSA) is 83.6 Å². The summed E-state index contributed by atoms with van der Waals surface area (Å²) in [4.78, 5) is 53.9. The molecule has 2 bridgehead atoms. The molecule has 1 saturated heterocycles. The van der Waals surface area contributed by atoms with Crippen molar-refractivity contribution in [3.8, 4) is 0 Å². The zero-order valence-corrected chi connectivity index (χ0v) is 20.2. The fourth-order valence-electron chi connectivity index (χ4n) is 5.85. The Labute approximate surface area is 195 Å². The van der Waals surface area contributed by atoms with Crippen molar-refractivity contribution >= 4 is 34.6 Å². The summed E-state index contributed by atoms with van der Waals surface area (Å²) in [7, 11) is 0. The van der Waals surface area contributed by atoms with E-state index in [9.17, 15) is 19.2 Å². The van der Waals surface area contributed by atoms with Crippen LogP contribution >= 0.6 is 0 Å². The summed E-state index contributed by atoms with van der Waals surface area (Å²) in [5.41, 5.74) is 3.07. The molecule has 1 fully saturated rings. The summed E-state index contributed by atoms with van der Waals surface area (Å²) in [5.74, 6) is -2.09. The van der Waals surface area contributed by atoms with Gasteiger partial charge in [-0.25, -0.2) is 0 Å². The van der Waals surface area contributed by atoms with Crippen molar-refractivity contribution in [1.82, 2.24) is 5.32 Å². The number of hydrogen-bond donors (Lipinski definition) is 1. The van der Waals surface area contributed by atoms with Gasteiger partial charge in [-0.05, 0) is 63.3 Å². The maximum Gasteiger partial charge on any atom is 0.231 e. The van der Waals surface area contributed by atoms with E-state index in [0.29, 0.717) is 24.0 Å². The standard InChI is InChI=1S/C27H32N2O4/c1-7-18-25(32)20-10-14(2)11-21(28-26(18)33)23(20)24(31)17-8-9-22-19(12-17)15(3)13-27(5,6)29(22)16(4)30/h8-10,12-14,18,21,23H,7,11H2,1-6H3,(H,28,33). The number of fused-ring (bicyclic) bond motifs is 3. The first-order chi connectivity index (χ1) is 15.5. The number of carbonyl (C=O) groups excluding carboxylic acids is 4. The minimum atomic E-state index is -0.748. The van der Waals surface area contributed by atoms with Crippen LogP contribution in [-0.4, -0.2) is 35.0 Å². The number of benzene rings is 1. The summed E-state index contributed by atoms with van der Waals surface area (Å²) in [6.45, 7) is 11.3. The van der Waals surface area contributed by atoms with Crippen LogP contribution in [0.4, 0.5) is 5.69 Å². The quantitative estimate of drug-likeness (QED) is 0.558. The molecule has 33 heavy (non-hydrogen) atoms. The third-order valence-electron chi connectivity index (χ3n) is 7.17. The highest BCUT2D eigenvalue weighted by Gasteiger charge is 2.46. The lowest BCUT2D eigenvalue weighted by atomic mass is 9.73. The molecule has 6 nitrogen and oxygen atoms in total. The number of Topliss-reactive ketones (excluding diaryl/α,β-unsaturated/α-hetero) is 2. The number of rotatable bonds is 3. The molecule has 4 unspecified atom stereocenters. The van der Waals surface area contributed by atoms with Crippen molar-refractivity contribution in [2.45, 2.75) is 66.0 Å². The van der Waals surface area contributed by atoms with E-state index in [0.717, 1.165) is 16.8 Å². The van der Waals surface area contributed by atoms with E-state index in [2.05, 4.69) is 5.32 Å². The molecule has 4 rings (SSSR count). The van der Waals surface area contributed by atoms with Gasteiger partial charge < -0.3 is 10.2 Å². The summed E-state index contributed by atoms with van der Waals surface area (Å²) in [6, 6.07) is 4.98. The Morgan fingerprint density at radius 1 is 1.21 bits per heavy atom. The summed E-state index contributed by atoms with van der Waals surface area (Å²) in [5, 5.41) is 2.99. The molecule has 2 heterocycles. The number of anilines is 1. The van der Waals surface area contributed by atoms with Gasteiger partial charge in [-0.2, -0.15) is 0 Å². The Hall–Kier alpha value is -3.02. The Bertz CT molecular complexity index is 1130. The van der Waals surface area contributed by atoms with Crippen LogP contribution in [0.1, 0.15) is 70.3 Å². The zero-order valence-electron chi connectivity index (χ0n) is 20.2. The molecule has 3 aliphatic rings. The number of allylic oxidation sites excluding steroid dienone is 2. The van der Waals surface area contributed by atoms with Gasteiger partial charge in [0, 0.05) is 29.7 Å². The summed E-state index contributed by atoms with van der Waals surface area (Å²) >= 11 is 0. The van der Waals surface area contributed by atoms with Crippen LogP contribution in [0.25, 0.3) is 5.57 Å². The normalized spacial score (nSPS) is 28.2. The van der Waals surface area contributed by atoms with E-state index in [1.807, 2.05) is 58.9 Å². The second-order valence-corrected chi connectivity index (χ2v) is 10.2. The highest BCUT2D eigenvalue weighted by Crippen LogP contribution is 2.41. The first-order valence-corrected chi connectivity index (χ1v) is 11.7. The van der Waals surface area contributed by atoms with E-state index in [1.165, 1.54) is 6.92 Å². The van der Waals surface area contributed by atoms with Crippen LogP contribution in [0.5, 0.6) is 0 Å². The first kappa shape index (κ1) is 23.1. The molecule has 1 aliphatic carbocycles. The molecule has 174 valence electrons. The number of carbonyl (C=O) groups is 4. The number of amides is 2. The van der Waals surface area contributed by atoms with Crippen molar-refractivity contribution in [3.63, 3.8) is 0 Å². The molecule has 0 saturated carbocycles. The van der Waals surface area contributed by atoms with Crippen LogP contribution in [0, 0.1) is 17.8 Å². The maximum atomic E-state index is 13.8. The van der Waals surface area contributed by atoms with Gasteiger partial charge in [0.15, 0.2) is 11.6 Å². The van der Waals surface area contributed by atoms with Crippen molar-refractivity contribution < 1.29 is 19.2 Å². The lowest BCUT2D eigenvalue weighted by Gasteiger charge is -2.41. The van der Waals surface area contributed by atoms with Gasteiger partial charge in [0.25, 0.3) is 0 Å². The van der Waals surface area contributed by atoms with Gasteiger partial charge in [-0.3, -0.25) is 19.2 Å². The van der Waals surface area contributed by atoms with Crippen molar-refractivity contribution in [1.29, 1.82) is 0 Å². The highest BCUT2D eigenvalue weighted by molar-refractivity contribution is 6.16. The highest BCUT2D eigenvalue weighted by atomic mass is 16.2. The Balaban J connectivity index is 1.78. The minimum Gasteiger partial charge on any atom is -0.352 e. The van der Waals surface area contributed by atoms with E-state index in [-0.39, 0.29) is 29.3 Å². The Morgan fingerprint density at radius 3 is 2.55 bits per heavy atom. The predicted molar refractivity (Wildman–Crippen MR) is 128 cm³/mol. The molecular weight excluding hydrogens is 416 g/mol.